The van der Waals surface area contributed by atoms with E-state index in [4.69, 9.17) is 9.47 Å². The van der Waals surface area contributed by atoms with Crippen molar-refractivity contribution < 1.29 is 22.7 Å². The summed E-state index contributed by atoms with van der Waals surface area (Å²) in [5.41, 5.74) is 3.17. The molecule has 3 aromatic rings. The minimum Gasteiger partial charge on any atom is -0.495 e. The van der Waals surface area contributed by atoms with Crippen molar-refractivity contribution in [3.8, 4) is 5.75 Å². The fraction of sp³-hybridized carbons (Fsp3) is 0.333. The summed E-state index contributed by atoms with van der Waals surface area (Å²) in [6.45, 7) is 3.31. The number of amides is 1. The van der Waals surface area contributed by atoms with Crippen LogP contribution in [-0.2, 0) is 19.6 Å². The van der Waals surface area contributed by atoms with E-state index < -0.39 is 10.0 Å². The van der Waals surface area contributed by atoms with E-state index in [-0.39, 0.29) is 16.6 Å². The standard InChI is InChI=1S/C21H24N4O5S2/c1-14-3-5-16-17(11-14)24-21(23-16)31-13-20(26)22-18-12-15(4-6-19(18)29-2)32(27,28)25-7-9-30-10-8-25/h3-6,11-12H,7-10,13H2,1-2H3,(H,22,26)(H,23,24). The highest BCUT2D eigenvalue weighted by molar-refractivity contribution is 7.99. The lowest BCUT2D eigenvalue weighted by molar-refractivity contribution is -0.113. The van der Waals surface area contributed by atoms with Gasteiger partial charge in [0.1, 0.15) is 5.75 Å². The summed E-state index contributed by atoms with van der Waals surface area (Å²) >= 11 is 1.27. The van der Waals surface area contributed by atoms with Gasteiger partial charge in [-0.05, 0) is 42.8 Å². The van der Waals surface area contributed by atoms with E-state index in [1.807, 2.05) is 25.1 Å². The molecule has 9 nitrogen and oxygen atoms in total. The van der Waals surface area contributed by atoms with Crippen LogP contribution >= 0.6 is 11.8 Å². The fourth-order valence-corrected chi connectivity index (χ4v) is 5.49. The average Bonchev–Trinajstić information content (AvgIpc) is 3.20. The first-order valence-electron chi connectivity index (χ1n) is 10.0. The number of H-pyrrole nitrogens is 1. The van der Waals surface area contributed by atoms with Crippen LogP contribution in [0.1, 0.15) is 5.56 Å². The van der Waals surface area contributed by atoms with E-state index in [0.717, 1.165) is 16.6 Å². The molecule has 0 bridgehead atoms. The minimum absolute atomic E-state index is 0.0933. The number of nitrogens with one attached hydrogen (secondary N) is 2. The van der Waals surface area contributed by atoms with Gasteiger partial charge in [-0.3, -0.25) is 4.79 Å². The smallest absolute Gasteiger partial charge is 0.243 e. The van der Waals surface area contributed by atoms with Crippen LogP contribution in [0.5, 0.6) is 5.75 Å². The zero-order valence-corrected chi connectivity index (χ0v) is 19.4. The molecule has 1 aliphatic heterocycles. The number of methoxy groups -OCH3 is 1. The van der Waals surface area contributed by atoms with Crippen LogP contribution in [-0.4, -0.2) is 67.8 Å². The summed E-state index contributed by atoms with van der Waals surface area (Å²) in [5, 5.41) is 3.39. The Morgan fingerprint density at radius 1 is 1.25 bits per heavy atom. The number of morpholine rings is 1. The third-order valence-corrected chi connectivity index (χ3v) is 7.78. The number of hydrogen-bond donors (Lipinski definition) is 2. The molecule has 1 aromatic heterocycles. The molecule has 0 aliphatic carbocycles. The Morgan fingerprint density at radius 3 is 2.78 bits per heavy atom. The quantitative estimate of drug-likeness (QED) is 0.504. The molecule has 4 rings (SSSR count). The highest BCUT2D eigenvalue weighted by Gasteiger charge is 2.27. The van der Waals surface area contributed by atoms with Gasteiger partial charge in [-0.25, -0.2) is 13.4 Å². The first-order chi connectivity index (χ1) is 15.4. The monoisotopic (exact) mass is 476 g/mol. The van der Waals surface area contributed by atoms with Crippen molar-refractivity contribution in [1.29, 1.82) is 0 Å². The molecule has 0 radical (unpaired) electrons. The van der Waals surface area contributed by atoms with Gasteiger partial charge in [-0.1, -0.05) is 17.8 Å². The lowest BCUT2D eigenvalue weighted by Gasteiger charge is -2.26. The van der Waals surface area contributed by atoms with Crippen molar-refractivity contribution in [2.45, 2.75) is 17.0 Å². The largest absolute Gasteiger partial charge is 0.495 e. The van der Waals surface area contributed by atoms with Crippen LogP contribution in [0, 0.1) is 6.92 Å². The van der Waals surface area contributed by atoms with Crippen molar-refractivity contribution in [3.05, 3.63) is 42.0 Å². The maximum absolute atomic E-state index is 12.9. The Kier molecular flexibility index (Phi) is 6.70. The van der Waals surface area contributed by atoms with Crippen molar-refractivity contribution >= 4 is 44.4 Å². The number of ether oxygens (including phenoxy) is 2. The molecule has 0 unspecified atom stereocenters. The van der Waals surface area contributed by atoms with Crippen molar-refractivity contribution in [2.75, 3.05) is 44.5 Å². The number of rotatable bonds is 7. The predicted molar refractivity (Wildman–Crippen MR) is 123 cm³/mol. The van der Waals surface area contributed by atoms with Gasteiger partial charge in [-0.15, -0.1) is 0 Å². The number of aromatic amines is 1. The first-order valence-corrected chi connectivity index (χ1v) is 12.4. The topological polar surface area (TPSA) is 114 Å². The molecular weight excluding hydrogens is 452 g/mol. The molecule has 170 valence electrons. The van der Waals surface area contributed by atoms with Crippen LogP contribution in [0.25, 0.3) is 11.0 Å². The average molecular weight is 477 g/mol. The number of carbonyl (C=O) groups excluding carboxylic acids is 1. The molecule has 2 aromatic carbocycles. The summed E-state index contributed by atoms with van der Waals surface area (Å²) < 4.78 is 37.8. The molecule has 1 aliphatic rings. The Morgan fingerprint density at radius 2 is 2.03 bits per heavy atom. The van der Waals surface area contributed by atoms with Gasteiger partial charge in [0, 0.05) is 13.1 Å². The van der Waals surface area contributed by atoms with Crippen LogP contribution in [0.15, 0.2) is 46.5 Å². The Balaban J connectivity index is 1.47. The minimum atomic E-state index is -3.69. The number of aryl methyl sites for hydroxylation is 1. The zero-order chi connectivity index (χ0) is 22.7. The number of thioether (sulfide) groups is 1. The predicted octanol–water partition coefficient (Wildman–Crippen LogP) is 2.63. The summed E-state index contributed by atoms with van der Waals surface area (Å²) in [4.78, 5) is 20.3. The normalized spacial score (nSPS) is 15.1. The van der Waals surface area contributed by atoms with Gasteiger partial charge < -0.3 is 19.8 Å². The van der Waals surface area contributed by atoms with Crippen molar-refractivity contribution in [1.82, 2.24) is 14.3 Å². The molecule has 11 heteroatoms. The third kappa shape index (κ3) is 4.90. The Bertz CT molecular complexity index is 1240. The van der Waals surface area contributed by atoms with E-state index in [9.17, 15) is 13.2 Å². The maximum Gasteiger partial charge on any atom is 0.243 e. The van der Waals surface area contributed by atoms with E-state index in [0.29, 0.717) is 42.9 Å². The van der Waals surface area contributed by atoms with Crippen molar-refractivity contribution in [2.24, 2.45) is 0 Å². The number of aromatic nitrogens is 2. The lowest BCUT2D eigenvalue weighted by Crippen LogP contribution is -2.40. The summed E-state index contributed by atoms with van der Waals surface area (Å²) in [5.74, 6) is 0.178. The number of imidazole rings is 1. The third-order valence-electron chi connectivity index (χ3n) is 5.01. The van der Waals surface area contributed by atoms with Crippen LogP contribution in [0.3, 0.4) is 0 Å². The molecule has 2 heterocycles. The van der Waals surface area contributed by atoms with Gasteiger partial charge in [-0.2, -0.15) is 4.31 Å². The molecule has 32 heavy (non-hydrogen) atoms. The van der Waals surface area contributed by atoms with Gasteiger partial charge in [0.2, 0.25) is 15.9 Å². The number of benzene rings is 2. The van der Waals surface area contributed by atoms with E-state index in [1.54, 1.807) is 0 Å². The highest BCUT2D eigenvalue weighted by atomic mass is 32.2. The summed E-state index contributed by atoms with van der Waals surface area (Å²) in [6.07, 6.45) is 0. The second-order valence-electron chi connectivity index (χ2n) is 7.28. The Labute approximate surface area is 190 Å². The fourth-order valence-electron chi connectivity index (χ4n) is 3.37. The number of fused-ring (bicyclic) bond motifs is 1. The molecule has 0 spiro atoms. The van der Waals surface area contributed by atoms with E-state index >= 15 is 0 Å². The Hall–Kier alpha value is -2.60. The van der Waals surface area contributed by atoms with E-state index in [2.05, 4.69) is 15.3 Å². The number of carbonyl (C=O) groups is 1. The van der Waals surface area contributed by atoms with Gasteiger partial charge >= 0.3 is 0 Å². The maximum atomic E-state index is 12.9. The van der Waals surface area contributed by atoms with Crippen LogP contribution in [0.2, 0.25) is 0 Å². The number of hydrogen-bond acceptors (Lipinski definition) is 7. The molecule has 2 N–H and O–H groups in total. The molecule has 0 saturated carbocycles. The first kappa shape index (κ1) is 22.6. The molecule has 1 amide bonds. The second kappa shape index (κ2) is 9.49. The lowest BCUT2D eigenvalue weighted by atomic mass is 10.2. The highest BCUT2D eigenvalue weighted by Crippen LogP contribution is 2.30. The number of anilines is 1. The zero-order valence-electron chi connectivity index (χ0n) is 17.8. The second-order valence-corrected chi connectivity index (χ2v) is 10.2. The number of nitrogens with zero attached hydrogens (tertiary/aromatic N) is 2. The SMILES string of the molecule is COc1ccc(S(=O)(=O)N2CCOCC2)cc1NC(=O)CSc1nc2ccc(C)cc2[nH]1. The van der Waals surface area contributed by atoms with Gasteiger partial charge in [0.15, 0.2) is 5.16 Å². The van der Waals surface area contributed by atoms with Gasteiger partial charge in [0.05, 0.1) is 47.7 Å². The molecule has 1 fully saturated rings. The van der Waals surface area contributed by atoms with Crippen LogP contribution in [0.4, 0.5) is 5.69 Å². The van der Waals surface area contributed by atoms with Crippen LogP contribution < -0.4 is 10.1 Å². The summed E-state index contributed by atoms with van der Waals surface area (Å²) in [7, 11) is -2.23. The summed E-state index contributed by atoms with van der Waals surface area (Å²) in [6, 6.07) is 10.3. The molecule has 0 atom stereocenters. The molecular formula is C21H24N4O5S2. The molecule has 1 saturated heterocycles. The van der Waals surface area contributed by atoms with E-state index in [1.165, 1.54) is 41.4 Å². The number of sulfonamides is 1. The van der Waals surface area contributed by atoms with Crippen molar-refractivity contribution in [3.63, 3.8) is 0 Å². The van der Waals surface area contributed by atoms with Gasteiger partial charge in [0.25, 0.3) is 0 Å².